The van der Waals surface area contributed by atoms with E-state index >= 15 is 0 Å². The lowest BCUT2D eigenvalue weighted by Crippen LogP contribution is -1.87. The molecule has 0 unspecified atom stereocenters. The van der Waals surface area contributed by atoms with E-state index in [-0.39, 0.29) is 5.57 Å². The van der Waals surface area contributed by atoms with E-state index < -0.39 is 0 Å². The fourth-order valence-corrected chi connectivity index (χ4v) is 0.956. The molecule has 0 aliphatic carbocycles. The summed E-state index contributed by atoms with van der Waals surface area (Å²) in [6.07, 6.45) is 1.39. The van der Waals surface area contributed by atoms with Crippen molar-refractivity contribution in [3.63, 3.8) is 0 Å². The Hall–Kier alpha value is -1.77. The monoisotopic (exact) mass is 178 g/mol. The summed E-state index contributed by atoms with van der Waals surface area (Å²) in [5.41, 5.74) is 0.918. The first-order valence-electron chi connectivity index (χ1n) is 3.75. The normalized spacial score (nSPS) is 11.0. The van der Waals surface area contributed by atoms with Crippen LogP contribution in [0.25, 0.3) is 5.57 Å². The van der Waals surface area contributed by atoms with Crippen LogP contribution in [0.4, 0.5) is 0 Å². The highest BCUT2D eigenvalue weighted by Crippen LogP contribution is 2.16. The molecule has 0 aliphatic heterocycles. The van der Waals surface area contributed by atoms with Crippen molar-refractivity contribution in [1.29, 1.82) is 0 Å². The van der Waals surface area contributed by atoms with Crippen molar-refractivity contribution in [1.82, 2.24) is 0 Å². The van der Waals surface area contributed by atoms with Crippen LogP contribution in [0, 0.1) is 0 Å². The van der Waals surface area contributed by atoms with Crippen molar-refractivity contribution < 1.29 is 14.6 Å². The van der Waals surface area contributed by atoms with E-state index in [1.807, 2.05) is 0 Å². The van der Waals surface area contributed by atoms with Gasteiger partial charge < -0.3 is 9.84 Å². The Morgan fingerprint density at radius 1 is 1.38 bits per heavy atom. The van der Waals surface area contributed by atoms with E-state index in [0.717, 1.165) is 6.26 Å². The zero-order valence-electron chi connectivity index (χ0n) is 7.23. The van der Waals surface area contributed by atoms with Crippen molar-refractivity contribution in [2.45, 2.75) is 0 Å². The zero-order chi connectivity index (χ0) is 9.68. The predicted molar refractivity (Wildman–Crippen MR) is 49.7 cm³/mol. The SMILES string of the molecule is COc1ccc(C(C=O)=CO)cc1. The van der Waals surface area contributed by atoms with Gasteiger partial charge in [0.15, 0.2) is 6.29 Å². The Kier molecular flexibility index (Phi) is 3.09. The summed E-state index contributed by atoms with van der Waals surface area (Å²) >= 11 is 0. The van der Waals surface area contributed by atoms with Gasteiger partial charge in [-0.2, -0.15) is 0 Å². The molecule has 68 valence electrons. The molecule has 3 heteroatoms. The zero-order valence-corrected chi connectivity index (χ0v) is 7.23. The summed E-state index contributed by atoms with van der Waals surface area (Å²) in [5.74, 6) is 0.715. The molecule has 0 saturated heterocycles. The number of allylic oxidation sites excluding steroid dienone is 1. The van der Waals surface area contributed by atoms with E-state index in [0.29, 0.717) is 17.6 Å². The molecule has 0 bridgehead atoms. The van der Waals surface area contributed by atoms with E-state index in [9.17, 15) is 4.79 Å². The molecule has 0 heterocycles. The first kappa shape index (κ1) is 9.32. The molecule has 1 rings (SSSR count). The van der Waals surface area contributed by atoms with Gasteiger partial charge in [0.2, 0.25) is 0 Å². The van der Waals surface area contributed by atoms with Crippen LogP contribution in [0.1, 0.15) is 5.56 Å². The Bertz CT molecular complexity index is 311. The van der Waals surface area contributed by atoms with Crippen LogP contribution < -0.4 is 4.74 Å². The van der Waals surface area contributed by atoms with Crippen molar-refractivity contribution in [2.75, 3.05) is 7.11 Å². The summed E-state index contributed by atoms with van der Waals surface area (Å²) in [4.78, 5) is 10.4. The molecule has 0 amide bonds. The van der Waals surface area contributed by atoms with Gasteiger partial charge in [0, 0.05) is 0 Å². The topological polar surface area (TPSA) is 46.5 Å². The molecule has 1 N–H and O–H groups in total. The van der Waals surface area contributed by atoms with Crippen LogP contribution in [0.15, 0.2) is 30.5 Å². The van der Waals surface area contributed by atoms with Gasteiger partial charge in [-0.3, -0.25) is 4.79 Å². The Labute approximate surface area is 76.3 Å². The lowest BCUT2D eigenvalue weighted by atomic mass is 10.1. The number of aliphatic hydroxyl groups excluding tert-OH is 1. The highest BCUT2D eigenvalue weighted by molar-refractivity contribution is 6.06. The summed E-state index contributed by atoms with van der Waals surface area (Å²) in [6, 6.07) is 6.86. The number of hydrogen-bond acceptors (Lipinski definition) is 3. The van der Waals surface area contributed by atoms with Gasteiger partial charge in [-0.05, 0) is 17.7 Å². The molecule has 3 nitrogen and oxygen atoms in total. The molecule has 13 heavy (non-hydrogen) atoms. The molecule has 0 spiro atoms. The number of ether oxygens (including phenoxy) is 1. The van der Waals surface area contributed by atoms with Crippen molar-refractivity contribution >= 4 is 11.9 Å². The average Bonchev–Trinajstić information content (AvgIpc) is 2.21. The standard InChI is InChI=1S/C10H10O3/c1-13-10-4-2-8(3-5-10)9(6-11)7-12/h2-7,11H,1H3. The molecule has 0 aliphatic rings. The summed E-state index contributed by atoms with van der Waals surface area (Å²) in [5, 5.41) is 8.68. The van der Waals surface area contributed by atoms with Gasteiger partial charge in [0.1, 0.15) is 5.75 Å². The number of carbonyl (C=O) groups is 1. The lowest BCUT2D eigenvalue weighted by molar-refractivity contribution is -0.103. The minimum atomic E-state index is 0.252. The molecule has 1 aromatic rings. The first-order valence-corrected chi connectivity index (χ1v) is 3.75. The number of aliphatic hydroxyl groups is 1. The Balaban J connectivity index is 2.97. The second-order valence-corrected chi connectivity index (χ2v) is 2.43. The van der Waals surface area contributed by atoms with Gasteiger partial charge in [-0.1, -0.05) is 12.1 Å². The summed E-state index contributed by atoms with van der Waals surface area (Å²) < 4.78 is 4.95. The minimum Gasteiger partial charge on any atom is -0.515 e. The number of benzene rings is 1. The highest BCUT2D eigenvalue weighted by atomic mass is 16.5. The Morgan fingerprint density at radius 2 is 2.00 bits per heavy atom. The van der Waals surface area contributed by atoms with E-state index in [1.54, 1.807) is 31.4 Å². The fourth-order valence-electron chi connectivity index (χ4n) is 0.956. The maximum atomic E-state index is 10.4. The summed E-state index contributed by atoms with van der Waals surface area (Å²) in [7, 11) is 1.57. The molecular weight excluding hydrogens is 168 g/mol. The van der Waals surface area contributed by atoms with Crippen LogP contribution in [0.2, 0.25) is 0 Å². The number of carbonyl (C=O) groups excluding carboxylic acids is 1. The van der Waals surface area contributed by atoms with Crippen molar-refractivity contribution in [2.24, 2.45) is 0 Å². The molecule has 0 radical (unpaired) electrons. The largest absolute Gasteiger partial charge is 0.515 e. The average molecular weight is 178 g/mol. The molecule has 0 fully saturated rings. The van der Waals surface area contributed by atoms with Crippen molar-refractivity contribution in [3.05, 3.63) is 36.1 Å². The van der Waals surface area contributed by atoms with Crippen LogP contribution in [-0.2, 0) is 4.79 Å². The van der Waals surface area contributed by atoms with Gasteiger partial charge in [0.05, 0.1) is 18.9 Å². The highest BCUT2D eigenvalue weighted by Gasteiger charge is 1.99. The number of methoxy groups -OCH3 is 1. The first-order chi connectivity index (χ1) is 6.31. The molecule has 0 aromatic heterocycles. The van der Waals surface area contributed by atoms with Crippen LogP contribution in [0.5, 0.6) is 5.75 Å². The number of hydrogen-bond donors (Lipinski definition) is 1. The van der Waals surface area contributed by atoms with Gasteiger partial charge in [-0.25, -0.2) is 0 Å². The minimum absolute atomic E-state index is 0.252. The van der Waals surface area contributed by atoms with Crippen LogP contribution in [0.3, 0.4) is 0 Å². The van der Waals surface area contributed by atoms with E-state index in [4.69, 9.17) is 9.84 Å². The van der Waals surface area contributed by atoms with Gasteiger partial charge in [0.25, 0.3) is 0 Å². The van der Waals surface area contributed by atoms with Crippen molar-refractivity contribution in [3.8, 4) is 5.75 Å². The fraction of sp³-hybridized carbons (Fsp3) is 0.100. The smallest absolute Gasteiger partial charge is 0.153 e. The third-order valence-electron chi connectivity index (χ3n) is 1.69. The quantitative estimate of drug-likeness (QED) is 0.436. The van der Waals surface area contributed by atoms with Gasteiger partial charge >= 0.3 is 0 Å². The van der Waals surface area contributed by atoms with Crippen LogP contribution >= 0.6 is 0 Å². The maximum Gasteiger partial charge on any atom is 0.153 e. The van der Waals surface area contributed by atoms with Gasteiger partial charge in [-0.15, -0.1) is 0 Å². The third kappa shape index (κ3) is 2.08. The van der Waals surface area contributed by atoms with Crippen LogP contribution in [-0.4, -0.2) is 18.5 Å². The summed E-state index contributed by atoms with van der Waals surface area (Å²) in [6.45, 7) is 0. The number of rotatable bonds is 3. The third-order valence-corrected chi connectivity index (χ3v) is 1.69. The second kappa shape index (κ2) is 4.30. The molecule has 0 saturated carbocycles. The molecule has 0 atom stereocenters. The number of aldehydes is 1. The Morgan fingerprint density at radius 3 is 2.38 bits per heavy atom. The molecular formula is C10H10O3. The molecule has 1 aromatic carbocycles. The second-order valence-electron chi connectivity index (χ2n) is 2.43. The van der Waals surface area contributed by atoms with E-state index in [1.165, 1.54) is 0 Å². The lowest BCUT2D eigenvalue weighted by Gasteiger charge is -2.01. The van der Waals surface area contributed by atoms with E-state index in [2.05, 4.69) is 0 Å². The maximum absolute atomic E-state index is 10.4. The predicted octanol–water partition coefficient (Wildman–Crippen LogP) is 1.79.